The van der Waals surface area contributed by atoms with E-state index in [-0.39, 0.29) is 12.2 Å². The van der Waals surface area contributed by atoms with Gasteiger partial charge in [-0.1, -0.05) is 6.42 Å². The number of nitrogens with zero attached hydrogens (tertiary/aromatic N) is 1. The third-order valence-corrected chi connectivity index (χ3v) is 4.30. The van der Waals surface area contributed by atoms with Gasteiger partial charge in [-0.05, 0) is 24.8 Å². The maximum Gasteiger partial charge on any atom is 0.0971 e. The smallest absolute Gasteiger partial charge is 0.0971 e. The summed E-state index contributed by atoms with van der Waals surface area (Å²) in [6, 6.07) is 0. The molecule has 1 saturated carbocycles. The lowest BCUT2D eigenvalue weighted by Gasteiger charge is -2.43. The van der Waals surface area contributed by atoms with E-state index in [1.807, 2.05) is 0 Å². The van der Waals surface area contributed by atoms with Gasteiger partial charge < -0.3 is 15.2 Å². The van der Waals surface area contributed by atoms with Gasteiger partial charge in [0.05, 0.1) is 12.2 Å². The van der Waals surface area contributed by atoms with E-state index >= 15 is 0 Å². The summed E-state index contributed by atoms with van der Waals surface area (Å²) in [5, 5.41) is 0. The summed E-state index contributed by atoms with van der Waals surface area (Å²) in [6.07, 6.45) is 4.36. The molecule has 0 amide bonds. The second-order valence-corrected chi connectivity index (χ2v) is 5.30. The van der Waals surface area contributed by atoms with Crippen LogP contribution in [0.3, 0.4) is 0 Å². The Morgan fingerprint density at radius 3 is 2.06 bits per heavy atom. The highest BCUT2D eigenvalue weighted by Crippen LogP contribution is 2.41. The highest BCUT2D eigenvalue weighted by atomic mass is 16.5. The molecule has 0 aromatic rings. The Kier molecular flexibility index (Phi) is 3.85. The van der Waals surface area contributed by atoms with Gasteiger partial charge in [0.1, 0.15) is 0 Å². The summed E-state index contributed by atoms with van der Waals surface area (Å²) in [5.41, 5.74) is 6.28. The van der Waals surface area contributed by atoms with Crippen LogP contribution in [-0.4, -0.2) is 57.5 Å². The van der Waals surface area contributed by atoms with Gasteiger partial charge in [0.2, 0.25) is 0 Å². The molecular weight excluding hydrogens is 204 g/mol. The molecule has 94 valence electrons. The number of hydrogen-bond acceptors (Lipinski definition) is 4. The van der Waals surface area contributed by atoms with E-state index in [1.54, 1.807) is 14.2 Å². The fourth-order valence-corrected chi connectivity index (χ4v) is 2.98. The molecular formula is C12H24N2O2. The summed E-state index contributed by atoms with van der Waals surface area (Å²) < 4.78 is 10.9. The number of hydrogen-bond donors (Lipinski definition) is 1. The van der Waals surface area contributed by atoms with Crippen LogP contribution in [0.15, 0.2) is 0 Å². The zero-order chi connectivity index (χ0) is 11.6. The first-order valence-corrected chi connectivity index (χ1v) is 6.21. The first-order chi connectivity index (χ1) is 7.73. The van der Waals surface area contributed by atoms with Gasteiger partial charge in [-0.25, -0.2) is 0 Å². The van der Waals surface area contributed by atoms with E-state index in [4.69, 9.17) is 15.2 Å². The van der Waals surface area contributed by atoms with Crippen molar-refractivity contribution in [1.29, 1.82) is 0 Å². The first kappa shape index (κ1) is 12.3. The van der Waals surface area contributed by atoms with E-state index in [1.165, 1.54) is 19.3 Å². The van der Waals surface area contributed by atoms with Crippen molar-refractivity contribution in [3.63, 3.8) is 0 Å². The number of ether oxygens (including phenoxy) is 2. The second kappa shape index (κ2) is 5.00. The normalized spacial score (nSPS) is 33.9. The van der Waals surface area contributed by atoms with E-state index in [9.17, 15) is 0 Å². The van der Waals surface area contributed by atoms with Crippen molar-refractivity contribution in [3.8, 4) is 0 Å². The highest BCUT2D eigenvalue weighted by Gasteiger charge is 2.41. The Labute approximate surface area is 98.1 Å². The fraction of sp³-hybridized carbons (Fsp3) is 1.00. The number of rotatable bonds is 5. The van der Waals surface area contributed by atoms with E-state index in [2.05, 4.69) is 4.90 Å². The third-order valence-electron chi connectivity index (χ3n) is 4.30. The minimum Gasteiger partial charge on any atom is -0.377 e. The van der Waals surface area contributed by atoms with Gasteiger partial charge in [-0.15, -0.1) is 0 Å². The largest absolute Gasteiger partial charge is 0.377 e. The van der Waals surface area contributed by atoms with Crippen LogP contribution in [0.1, 0.15) is 19.3 Å². The summed E-state index contributed by atoms with van der Waals surface area (Å²) in [4.78, 5) is 2.45. The maximum atomic E-state index is 5.89. The topological polar surface area (TPSA) is 47.7 Å². The molecule has 2 rings (SSSR count). The predicted molar refractivity (Wildman–Crippen MR) is 63.4 cm³/mol. The summed E-state index contributed by atoms with van der Waals surface area (Å²) in [7, 11) is 3.53. The fourth-order valence-electron chi connectivity index (χ4n) is 2.98. The number of likely N-dealkylation sites (tertiary alicyclic amines) is 1. The van der Waals surface area contributed by atoms with Crippen molar-refractivity contribution >= 4 is 0 Å². The molecule has 16 heavy (non-hydrogen) atoms. The van der Waals surface area contributed by atoms with Gasteiger partial charge in [-0.3, -0.25) is 4.90 Å². The van der Waals surface area contributed by atoms with Crippen LogP contribution in [0.5, 0.6) is 0 Å². The first-order valence-electron chi connectivity index (χ1n) is 6.21. The summed E-state index contributed by atoms with van der Waals surface area (Å²) >= 11 is 0. The van der Waals surface area contributed by atoms with Crippen molar-refractivity contribution in [3.05, 3.63) is 0 Å². The van der Waals surface area contributed by atoms with Crippen LogP contribution in [-0.2, 0) is 9.47 Å². The zero-order valence-electron chi connectivity index (χ0n) is 10.4. The highest BCUT2D eigenvalue weighted by molar-refractivity contribution is 4.95. The molecule has 0 radical (unpaired) electrons. The average molecular weight is 228 g/mol. The Morgan fingerprint density at radius 2 is 1.75 bits per heavy atom. The van der Waals surface area contributed by atoms with Gasteiger partial charge in [-0.2, -0.15) is 0 Å². The lowest BCUT2D eigenvalue weighted by Crippen LogP contribution is -2.46. The molecule has 2 unspecified atom stereocenters. The lowest BCUT2D eigenvalue weighted by atomic mass is 9.68. The summed E-state index contributed by atoms with van der Waals surface area (Å²) in [5.74, 6) is 0. The van der Waals surface area contributed by atoms with E-state index in [0.29, 0.717) is 5.41 Å². The standard InChI is InChI=1S/C12H24N2O2/c1-15-10-6-14(7-11(10)16-2)9-12(8-13)4-3-5-12/h10-11H,3-9,13H2,1-2H3. The SMILES string of the molecule is COC1CN(CC2(CN)CCC2)CC1OC. The van der Waals surface area contributed by atoms with Crippen LogP contribution >= 0.6 is 0 Å². The van der Waals surface area contributed by atoms with Crippen molar-refractivity contribution in [2.75, 3.05) is 40.4 Å². The summed E-state index contributed by atoms with van der Waals surface area (Å²) in [6.45, 7) is 3.90. The molecule has 1 aliphatic carbocycles. The molecule has 1 saturated heterocycles. The third kappa shape index (κ3) is 2.25. The van der Waals surface area contributed by atoms with Gasteiger partial charge in [0, 0.05) is 33.9 Å². The van der Waals surface area contributed by atoms with Crippen LogP contribution in [0.4, 0.5) is 0 Å². The molecule has 0 aromatic heterocycles. The molecule has 2 N–H and O–H groups in total. The quantitative estimate of drug-likeness (QED) is 0.743. The van der Waals surface area contributed by atoms with Gasteiger partial charge in [0.25, 0.3) is 0 Å². The molecule has 1 aliphatic heterocycles. The molecule has 0 spiro atoms. The number of methoxy groups -OCH3 is 2. The van der Waals surface area contributed by atoms with E-state index in [0.717, 1.165) is 26.2 Å². The molecule has 4 nitrogen and oxygen atoms in total. The van der Waals surface area contributed by atoms with Gasteiger partial charge >= 0.3 is 0 Å². The number of nitrogens with two attached hydrogens (primary N) is 1. The Morgan fingerprint density at radius 1 is 1.19 bits per heavy atom. The Bertz CT molecular complexity index is 214. The van der Waals surface area contributed by atoms with Crippen LogP contribution in [0.2, 0.25) is 0 Å². The van der Waals surface area contributed by atoms with E-state index < -0.39 is 0 Å². The lowest BCUT2D eigenvalue weighted by molar-refractivity contribution is -0.00461. The minimum atomic E-state index is 0.222. The van der Waals surface area contributed by atoms with Crippen molar-refractivity contribution in [2.24, 2.45) is 11.1 Å². The molecule has 2 aliphatic rings. The Hall–Kier alpha value is -0.160. The monoisotopic (exact) mass is 228 g/mol. The Balaban J connectivity index is 1.87. The second-order valence-electron chi connectivity index (χ2n) is 5.30. The minimum absolute atomic E-state index is 0.222. The maximum absolute atomic E-state index is 5.89. The van der Waals surface area contributed by atoms with Crippen molar-refractivity contribution in [2.45, 2.75) is 31.5 Å². The molecule has 2 fully saturated rings. The molecule has 1 heterocycles. The zero-order valence-corrected chi connectivity index (χ0v) is 10.4. The van der Waals surface area contributed by atoms with Gasteiger partial charge in [0.15, 0.2) is 0 Å². The van der Waals surface area contributed by atoms with Crippen molar-refractivity contribution < 1.29 is 9.47 Å². The molecule has 2 atom stereocenters. The predicted octanol–water partition coefficient (Wildman–Crippen LogP) is 0.461. The van der Waals surface area contributed by atoms with Crippen molar-refractivity contribution in [1.82, 2.24) is 4.90 Å². The molecule has 0 bridgehead atoms. The molecule has 0 aromatic carbocycles. The van der Waals surface area contributed by atoms with Crippen LogP contribution in [0.25, 0.3) is 0 Å². The van der Waals surface area contributed by atoms with Crippen LogP contribution < -0.4 is 5.73 Å². The van der Waals surface area contributed by atoms with Crippen LogP contribution in [0, 0.1) is 5.41 Å². The average Bonchev–Trinajstić information content (AvgIpc) is 2.65. The molecule has 4 heteroatoms.